The Morgan fingerprint density at radius 2 is 2.06 bits per heavy atom. The third-order valence-electron chi connectivity index (χ3n) is 2.31. The average Bonchev–Trinajstić information content (AvgIpc) is 2.25. The summed E-state index contributed by atoms with van der Waals surface area (Å²) < 4.78 is 5.56. The highest BCUT2D eigenvalue weighted by Gasteiger charge is 2.18. The lowest BCUT2D eigenvalue weighted by Gasteiger charge is -2.22. The molecule has 0 aliphatic heterocycles. The van der Waals surface area contributed by atoms with Crippen molar-refractivity contribution in [2.24, 2.45) is 0 Å². The van der Waals surface area contributed by atoms with Crippen LogP contribution in [0, 0.1) is 0 Å². The number of nitrogen functional groups attached to an aromatic ring is 1. The SMILES string of the molecule is CC(C)Oc1cc(N)cc(NCC(C)(O)CO)c1. The van der Waals surface area contributed by atoms with Gasteiger partial charge in [0.15, 0.2) is 0 Å². The van der Waals surface area contributed by atoms with Crippen LogP contribution < -0.4 is 15.8 Å². The fourth-order valence-electron chi connectivity index (χ4n) is 1.41. The van der Waals surface area contributed by atoms with E-state index in [1.807, 2.05) is 19.9 Å². The molecule has 0 spiro atoms. The van der Waals surface area contributed by atoms with Crippen molar-refractivity contribution in [3.63, 3.8) is 0 Å². The summed E-state index contributed by atoms with van der Waals surface area (Å²) in [6.07, 6.45) is 0.0696. The van der Waals surface area contributed by atoms with Crippen LogP contribution in [-0.2, 0) is 0 Å². The second-order valence-corrected chi connectivity index (χ2v) is 4.97. The van der Waals surface area contributed by atoms with E-state index >= 15 is 0 Å². The molecule has 0 aromatic heterocycles. The zero-order valence-electron chi connectivity index (χ0n) is 11.1. The molecule has 1 rings (SSSR count). The molecular formula is C13H22N2O3. The zero-order valence-corrected chi connectivity index (χ0v) is 11.1. The molecule has 5 nitrogen and oxygen atoms in total. The number of ether oxygens (including phenoxy) is 1. The molecule has 0 saturated carbocycles. The van der Waals surface area contributed by atoms with Crippen LogP contribution in [0.2, 0.25) is 0 Å². The normalized spacial score (nSPS) is 14.3. The van der Waals surface area contributed by atoms with E-state index in [1.54, 1.807) is 19.1 Å². The second-order valence-electron chi connectivity index (χ2n) is 4.97. The molecule has 1 atom stereocenters. The van der Waals surface area contributed by atoms with Crippen LogP contribution in [0.4, 0.5) is 11.4 Å². The summed E-state index contributed by atoms with van der Waals surface area (Å²) in [5.74, 6) is 0.677. The molecule has 0 radical (unpaired) electrons. The van der Waals surface area contributed by atoms with Gasteiger partial charge in [0, 0.05) is 30.1 Å². The predicted octanol–water partition coefficient (Wildman–Crippen LogP) is 1.21. The Kier molecular flexibility index (Phi) is 4.81. The molecular weight excluding hydrogens is 232 g/mol. The van der Waals surface area contributed by atoms with Gasteiger partial charge in [-0.25, -0.2) is 0 Å². The molecule has 1 unspecified atom stereocenters. The summed E-state index contributed by atoms with van der Waals surface area (Å²) in [5.41, 5.74) is 5.94. The van der Waals surface area contributed by atoms with Gasteiger partial charge in [0.2, 0.25) is 0 Å². The molecule has 1 aromatic carbocycles. The number of aliphatic hydroxyl groups is 2. The van der Waals surface area contributed by atoms with E-state index in [9.17, 15) is 5.11 Å². The molecule has 5 heteroatoms. The molecule has 0 saturated heterocycles. The van der Waals surface area contributed by atoms with Crippen molar-refractivity contribution in [3.8, 4) is 5.75 Å². The molecule has 0 aliphatic rings. The maximum atomic E-state index is 9.69. The number of aliphatic hydroxyl groups excluding tert-OH is 1. The van der Waals surface area contributed by atoms with Crippen molar-refractivity contribution in [1.29, 1.82) is 0 Å². The number of nitrogens with one attached hydrogen (secondary N) is 1. The average molecular weight is 254 g/mol. The van der Waals surface area contributed by atoms with Crippen LogP contribution >= 0.6 is 0 Å². The maximum Gasteiger partial charge on any atom is 0.123 e. The highest BCUT2D eigenvalue weighted by molar-refractivity contribution is 5.59. The molecule has 5 N–H and O–H groups in total. The molecule has 1 aromatic rings. The van der Waals surface area contributed by atoms with E-state index in [1.165, 1.54) is 0 Å². The molecule has 0 amide bonds. The fourth-order valence-corrected chi connectivity index (χ4v) is 1.41. The van der Waals surface area contributed by atoms with E-state index in [0.717, 1.165) is 5.69 Å². The van der Waals surface area contributed by atoms with Crippen molar-refractivity contribution >= 4 is 11.4 Å². The Labute approximate surface area is 108 Å². The Balaban J connectivity index is 2.74. The topological polar surface area (TPSA) is 87.7 Å². The van der Waals surface area contributed by atoms with E-state index in [-0.39, 0.29) is 19.3 Å². The lowest BCUT2D eigenvalue weighted by molar-refractivity contribution is 0.0132. The third kappa shape index (κ3) is 4.81. The van der Waals surface area contributed by atoms with Gasteiger partial charge in [-0.05, 0) is 26.8 Å². The Morgan fingerprint density at radius 3 is 2.61 bits per heavy atom. The summed E-state index contributed by atoms with van der Waals surface area (Å²) in [4.78, 5) is 0. The quantitative estimate of drug-likeness (QED) is 0.573. The summed E-state index contributed by atoms with van der Waals surface area (Å²) in [6.45, 7) is 5.35. The first-order valence-electron chi connectivity index (χ1n) is 5.97. The van der Waals surface area contributed by atoms with E-state index < -0.39 is 5.60 Å². The summed E-state index contributed by atoms with van der Waals surface area (Å²) >= 11 is 0. The summed E-state index contributed by atoms with van der Waals surface area (Å²) in [7, 11) is 0. The molecule has 0 bridgehead atoms. The van der Waals surface area contributed by atoms with Crippen molar-refractivity contribution in [3.05, 3.63) is 18.2 Å². The summed E-state index contributed by atoms with van der Waals surface area (Å²) in [6, 6.07) is 5.31. The lowest BCUT2D eigenvalue weighted by Crippen LogP contribution is -2.37. The number of rotatable bonds is 6. The van der Waals surface area contributed by atoms with Crippen LogP contribution in [0.25, 0.3) is 0 Å². The van der Waals surface area contributed by atoms with Gasteiger partial charge >= 0.3 is 0 Å². The van der Waals surface area contributed by atoms with Gasteiger partial charge in [-0.15, -0.1) is 0 Å². The van der Waals surface area contributed by atoms with Crippen molar-refractivity contribution < 1.29 is 14.9 Å². The third-order valence-corrected chi connectivity index (χ3v) is 2.31. The van der Waals surface area contributed by atoms with E-state index in [2.05, 4.69) is 5.32 Å². The number of hydrogen-bond acceptors (Lipinski definition) is 5. The standard InChI is InChI=1S/C13H22N2O3/c1-9(2)18-12-5-10(14)4-11(6-12)15-7-13(3,17)8-16/h4-6,9,15-17H,7-8,14H2,1-3H3. The number of anilines is 2. The van der Waals surface area contributed by atoms with Gasteiger partial charge in [-0.2, -0.15) is 0 Å². The van der Waals surface area contributed by atoms with Crippen LogP contribution in [-0.4, -0.2) is 35.1 Å². The number of benzene rings is 1. The zero-order chi connectivity index (χ0) is 13.8. The van der Waals surface area contributed by atoms with E-state index in [4.69, 9.17) is 15.6 Å². The van der Waals surface area contributed by atoms with Gasteiger partial charge in [0.25, 0.3) is 0 Å². The molecule has 0 aliphatic carbocycles. The van der Waals surface area contributed by atoms with Gasteiger partial charge in [0.05, 0.1) is 12.7 Å². The minimum absolute atomic E-state index is 0.0696. The smallest absolute Gasteiger partial charge is 0.123 e. The van der Waals surface area contributed by atoms with Gasteiger partial charge in [-0.1, -0.05) is 0 Å². The lowest BCUT2D eigenvalue weighted by atomic mass is 10.1. The fraction of sp³-hybridized carbons (Fsp3) is 0.538. The predicted molar refractivity (Wildman–Crippen MR) is 72.8 cm³/mol. The van der Waals surface area contributed by atoms with Crippen LogP contribution in [0.5, 0.6) is 5.75 Å². The number of hydrogen-bond donors (Lipinski definition) is 4. The molecule has 18 heavy (non-hydrogen) atoms. The Bertz CT molecular complexity index is 392. The Hall–Kier alpha value is -1.46. The minimum Gasteiger partial charge on any atom is -0.491 e. The van der Waals surface area contributed by atoms with Crippen molar-refractivity contribution in [1.82, 2.24) is 0 Å². The molecule has 102 valence electrons. The first kappa shape index (κ1) is 14.6. The van der Waals surface area contributed by atoms with Crippen LogP contribution in [0.1, 0.15) is 20.8 Å². The first-order chi connectivity index (χ1) is 8.32. The van der Waals surface area contributed by atoms with Gasteiger partial charge < -0.3 is 26.0 Å². The monoisotopic (exact) mass is 254 g/mol. The highest BCUT2D eigenvalue weighted by atomic mass is 16.5. The number of nitrogens with two attached hydrogens (primary N) is 1. The molecule has 0 heterocycles. The largest absolute Gasteiger partial charge is 0.491 e. The van der Waals surface area contributed by atoms with Gasteiger partial charge in [-0.3, -0.25) is 0 Å². The summed E-state index contributed by atoms with van der Waals surface area (Å²) in [5, 5.41) is 21.7. The van der Waals surface area contributed by atoms with Crippen LogP contribution in [0.15, 0.2) is 18.2 Å². The van der Waals surface area contributed by atoms with E-state index in [0.29, 0.717) is 11.4 Å². The van der Waals surface area contributed by atoms with Gasteiger partial charge in [0.1, 0.15) is 11.4 Å². The van der Waals surface area contributed by atoms with Crippen LogP contribution in [0.3, 0.4) is 0 Å². The van der Waals surface area contributed by atoms with Crippen molar-refractivity contribution in [2.75, 3.05) is 24.2 Å². The maximum absolute atomic E-state index is 9.69. The van der Waals surface area contributed by atoms with Crippen molar-refractivity contribution in [2.45, 2.75) is 32.5 Å². The Morgan fingerprint density at radius 1 is 1.39 bits per heavy atom. The second kappa shape index (κ2) is 5.93. The minimum atomic E-state index is -1.16. The molecule has 0 fully saturated rings. The first-order valence-corrected chi connectivity index (χ1v) is 5.97. The highest BCUT2D eigenvalue weighted by Crippen LogP contribution is 2.23.